The lowest BCUT2D eigenvalue weighted by molar-refractivity contribution is 0.415. The highest BCUT2D eigenvalue weighted by atomic mass is 32.2. The Morgan fingerprint density at radius 1 is 0.621 bits per heavy atom. The molecule has 3 nitrogen and oxygen atoms in total. The van der Waals surface area contributed by atoms with Crippen molar-refractivity contribution in [1.82, 2.24) is 0 Å². The first-order valence-corrected chi connectivity index (χ1v) is 10.7. The van der Waals surface area contributed by atoms with Crippen LogP contribution in [0.25, 0.3) is 22.3 Å². The first-order chi connectivity index (χ1) is 14.1. The van der Waals surface area contributed by atoms with Gasteiger partial charge in [-0.05, 0) is 47.0 Å². The van der Waals surface area contributed by atoms with Gasteiger partial charge in [0, 0.05) is 5.56 Å². The van der Waals surface area contributed by atoms with Crippen LogP contribution in [0.15, 0.2) is 113 Å². The Bertz CT molecular complexity index is 1210. The van der Waals surface area contributed by atoms with Crippen molar-refractivity contribution >= 4 is 9.84 Å². The van der Waals surface area contributed by atoms with Crippen LogP contribution in [0.2, 0.25) is 0 Å². The van der Waals surface area contributed by atoms with Crippen LogP contribution in [0.3, 0.4) is 0 Å². The molecule has 0 heterocycles. The largest absolute Gasteiger partial charge is 0.497 e. The van der Waals surface area contributed by atoms with Gasteiger partial charge >= 0.3 is 0 Å². The fourth-order valence-electron chi connectivity index (χ4n) is 3.29. The summed E-state index contributed by atoms with van der Waals surface area (Å²) in [6.45, 7) is 0. The van der Waals surface area contributed by atoms with Crippen molar-refractivity contribution in [1.29, 1.82) is 0 Å². The minimum Gasteiger partial charge on any atom is -0.497 e. The Balaban J connectivity index is 1.93. The standard InChI is InChI=1S/C25H20O3S/c1-28-22-15-12-20(13-16-22)24-17-14-21(19-8-4-2-5-9-19)18-25(24)29(26,27)23-10-6-3-7-11-23/h2-18H,1H3. The lowest BCUT2D eigenvalue weighted by Crippen LogP contribution is -2.04. The van der Waals surface area contributed by atoms with Gasteiger partial charge in [-0.3, -0.25) is 0 Å². The lowest BCUT2D eigenvalue weighted by atomic mass is 10.00. The molecule has 0 aliphatic carbocycles. The number of benzene rings is 4. The van der Waals surface area contributed by atoms with Gasteiger partial charge in [0.2, 0.25) is 9.84 Å². The highest BCUT2D eigenvalue weighted by molar-refractivity contribution is 7.91. The van der Waals surface area contributed by atoms with Gasteiger partial charge in [0.25, 0.3) is 0 Å². The summed E-state index contributed by atoms with van der Waals surface area (Å²) in [5, 5.41) is 0. The van der Waals surface area contributed by atoms with Crippen LogP contribution in [0.1, 0.15) is 0 Å². The van der Waals surface area contributed by atoms with Crippen LogP contribution in [0.4, 0.5) is 0 Å². The fraction of sp³-hybridized carbons (Fsp3) is 0.0400. The molecule has 4 rings (SSSR count). The van der Waals surface area contributed by atoms with E-state index in [0.717, 1.165) is 22.4 Å². The Morgan fingerprint density at radius 2 is 1.21 bits per heavy atom. The van der Waals surface area contributed by atoms with E-state index in [4.69, 9.17) is 4.74 Å². The number of ether oxygens (including phenoxy) is 1. The molecule has 0 aliphatic heterocycles. The van der Waals surface area contributed by atoms with Gasteiger partial charge in [0.15, 0.2) is 0 Å². The van der Waals surface area contributed by atoms with Crippen molar-refractivity contribution in [2.45, 2.75) is 9.79 Å². The van der Waals surface area contributed by atoms with Gasteiger partial charge in [-0.1, -0.05) is 72.8 Å². The molecule has 0 aliphatic rings. The molecule has 0 unspecified atom stereocenters. The molecule has 0 bridgehead atoms. The molecule has 29 heavy (non-hydrogen) atoms. The molecule has 0 saturated carbocycles. The second-order valence-corrected chi connectivity index (χ2v) is 8.54. The molecule has 0 radical (unpaired) electrons. The summed E-state index contributed by atoms with van der Waals surface area (Å²) in [6, 6.07) is 31.3. The number of methoxy groups -OCH3 is 1. The second-order valence-electron chi connectivity index (χ2n) is 6.62. The molecule has 0 spiro atoms. The van der Waals surface area contributed by atoms with Crippen LogP contribution < -0.4 is 4.74 Å². The minimum atomic E-state index is -3.70. The number of rotatable bonds is 5. The van der Waals surface area contributed by atoms with Gasteiger partial charge < -0.3 is 4.74 Å². The van der Waals surface area contributed by atoms with Crippen molar-refractivity contribution in [3.63, 3.8) is 0 Å². The van der Waals surface area contributed by atoms with Gasteiger partial charge in [-0.25, -0.2) is 8.42 Å². The third kappa shape index (κ3) is 3.80. The third-order valence-electron chi connectivity index (χ3n) is 4.83. The molecule has 0 fully saturated rings. The summed E-state index contributed by atoms with van der Waals surface area (Å²) in [5.41, 5.74) is 3.31. The molecule has 4 heteroatoms. The smallest absolute Gasteiger partial charge is 0.207 e. The Labute approximate surface area is 171 Å². The Kier molecular flexibility index (Phi) is 5.19. The van der Waals surface area contributed by atoms with Crippen molar-refractivity contribution < 1.29 is 13.2 Å². The second kappa shape index (κ2) is 7.94. The summed E-state index contributed by atoms with van der Waals surface area (Å²) in [6.07, 6.45) is 0. The minimum absolute atomic E-state index is 0.278. The number of sulfone groups is 1. The lowest BCUT2D eigenvalue weighted by Gasteiger charge is -2.14. The molecule has 0 atom stereocenters. The number of hydrogen-bond acceptors (Lipinski definition) is 3. The molecule has 0 aromatic heterocycles. The summed E-state index contributed by atoms with van der Waals surface area (Å²) < 4.78 is 32.3. The van der Waals surface area contributed by atoms with Crippen LogP contribution in [-0.2, 0) is 9.84 Å². The van der Waals surface area contributed by atoms with Gasteiger partial charge in [-0.15, -0.1) is 0 Å². The van der Waals surface area contributed by atoms with E-state index in [1.54, 1.807) is 37.4 Å². The highest BCUT2D eigenvalue weighted by Gasteiger charge is 2.22. The average Bonchev–Trinajstić information content (AvgIpc) is 2.80. The van der Waals surface area contributed by atoms with Gasteiger partial charge in [-0.2, -0.15) is 0 Å². The maximum absolute atomic E-state index is 13.5. The normalized spacial score (nSPS) is 11.2. The zero-order valence-corrected chi connectivity index (χ0v) is 16.8. The quantitative estimate of drug-likeness (QED) is 0.421. The molecular weight excluding hydrogens is 380 g/mol. The molecule has 144 valence electrons. The average molecular weight is 400 g/mol. The third-order valence-corrected chi connectivity index (χ3v) is 6.64. The fourth-order valence-corrected chi connectivity index (χ4v) is 4.82. The molecule has 0 N–H and O–H groups in total. The van der Waals surface area contributed by atoms with Crippen molar-refractivity contribution in [2.75, 3.05) is 7.11 Å². The van der Waals surface area contributed by atoms with E-state index in [-0.39, 0.29) is 9.79 Å². The highest BCUT2D eigenvalue weighted by Crippen LogP contribution is 2.35. The summed E-state index contributed by atoms with van der Waals surface area (Å²) in [4.78, 5) is 0.565. The zero-order chi connectivity index (χ0) is 20.3. The predicted molar refractivity (Wildman–Crippen MR) is 116 cm³/mol. The molecular formula is C25H20O3S. The van der Waals surface area contributed by atoms with Crippen molar-refractivity contribution in [2.24, 2.45) is 0 Å². The van der Waals surface area contributed by atoms with E-state index >= 15 is 0 Å². The van der Waals surface area contributed by atoms with Crippen molar-refractivity contribution in [3.05, 3.63) is 103 Å². The maximum Gasteiger partial charge on any atom is 0.207 e. The van der Waals surface area contributed by atoms with Crippen LogP contribution >= 0.6 is 0 Å². The van der Waals surface area contributed by atoms with E-state index in [0.29, 0.717) is 5.56 Å². The van der Waals surface area contributed by atoms with Crippen LogP contribution in [0.5, 0.6) is 5.75 Å². The van der Waals surface area contributed by atoms with Crippen LogP contribution in [-0.4, -0.2) is 15.5 Å². The molecule has 0 saturated heterocycles. The first-order valence-electron chi connectivity index (χ1n) is 9.23. The van der Waals surface area contributed by atoms with Gasteiger partial charge in [0.05, 0.1) is 16.9 Å². The van der Waals surface area contributed by atoms with E-state index in [1.807, 2.05) is 72.8 Å². The zero-order valence-electron chi connectivity index (χ0n) is 15.9. The Hall–Kier alpha value is -3.37. The van der Waals surface area contributed by atoms with E-state index in [2.05, 4.69) is 0 Å². The van der Waals surface area contributed by atoms with E-state index < -0.39 is 9.84 Å². The predicted octanol–water partition coefficient (Wildman–Crippen LogP) is 5.86. The summed E-state index contributed by atoms with van der Waals surface area (Å²) in [7, 11) is -2.09. The molecule has 0 amide bonds. The van der Waals surface area contributed by atoms with Gasteiger partial charge in [0.1, 0.15) is 5.75 Å². The Morgan fingerprint density at radius 3 is 1.83 bits per heavy atom. The van der Waals surface area contributed by atoms with E-state index in [1.165, 1.54) is 0 Å². The topological polar surface area (TPSA) is 43.4 Å². The van der Waals surface area contributed by atoms with E-state index in [9.17, 15) is 8.42 Å². The van der Waals surface area contributed by atoms with Crippen LogP contribution in [0, 0.1) is 0 Å². The SMILES string of the molecule is COc1ccc(-c2ccc(-c3ccccc3)cc2S(=O)(=O)c2ccccc2)cc1. The first kappa shape index (κ1) is 19.0. The summed E-state index contributed by atoms with van der Waals surface area (Å²) >= 11 is 0. The summed E-state index contributed by atoms with van der Waals surface area (Å²) in [5.74, 6) is 0.724. The molecule has 4 aromatic rings. The van der Waals surface area contributed by atoms with Crippen molar-refractivity contribution in [3.8, 4) is 28.0 Å². The number of hydrogen-bond donors (Lipinski definition) is 0. The maximum atomic E-state index is 13.5. The monoisotopic (exact) mass is 400 g/mol. The molecule has 4 aromatic carbocycles.